The molecule has 3 atom stereocenters. The van der Waals surface area contributed by atoms with Gasteiger partial charge in [0.1, 0.15) is 0 Å². The molecule has 2 nitrogen and oxygen atoms in total. The highest BCUT2D eigenvalue weighted by Gasteiger charge is 2.27. The van der Waals surface area contributed by atoms with Crippen LogP contribution in [-0.4, -0.2) is 30.6 Å². The van der Waals surface area contributed by atoms with Crippen LogP contribution in [0.4, 0.5) is 0 Å². The van der Waals surface area contributed by atoms with Crippen molar-refractivity contribution in [3.63, 3.8) is 0 Å². The van der Waals surface area contributed by atoms with E-state index < -0.39 is 0 Å². The molecule has 2 N–H and O–H groups in total. The Kier molecular flexibility index (Phi) is 4.90. The largest absolute Gasteiger partial charge is 0.329 e. The monoisotopic (exact) mass is 198 g/mol. The molecule has 1 rings (SSSR count). The highest BCUT2D eigenvalue weighted by atomic mass is 15.2. The Hall–Kier alpha value is -0.0800. The fraction of sp³-hybridized carbons (Fsp3) is 1.00. The average molecular weight is 198 g/mol. The summed E-state index contributed by atoms with van der Waals surface area (Å²) in [6.07, 6.45) is 3.95. The molecular weight excluding hydrogens is 172 g/mol. The number of hydrogen-bond donors (Lipinski definition) is 1. The van der Waals surface area contributed by atoms with Crippen molar-refractivity contribution in [2.24, 2.45) is 17.6 Å². The van der Waals surface area contributed by atoms with Crippen molar-refractivity contribution in [1.29, 1.82) is 0 Å². The lowest BCUT2D eigenvalue weighted by molar-refractivity contribution is 0.176. The van der Waals surface area contributed by atoms with Crippen LogP contribution in [0.1, 0.15) is 40.0 Å². The van der Waals surface area contributed by atoms with Crippen molar-refractivity contribution < 1.29 is 0 Å². The van der Waals surface area contributed by atoms with Gasteiger partial charge in [-0.15, -0.1) is 0 Å². The van der Waals surface area contributed by atoms with Crippen LogP contribution in [0, 0.1) is 11.8 Å². The first kappa shape index (κ1) is 12.0. The summed E-state index contributed by atoms with van der Waals surface area (Å²) in [4.78, 5) is 2.60. The van der Waals surface area contributed by atoms with E-state index in [1.54, 1.807) is 0 Å². The molecular formula is C12H26N2. The van der Waals surface area contributed by atoms with Gasteiger partial charge in [-0.3, -0.25) is 4.90 Å². The first-order valence-electron chi connectivity index (χ1n) is 6.13. The fourth-order valence-corrected chi connectivity index (χ4v) is 2.66. The second kappa shape index (κ2) is 5.72. The minimum absolute atomic E-state index is 0.625. The van der Waals surface area contributed by atoms with Crippen LogP contribution in [0.5, 0.6) is 0 Å². The lowest BCUT2D eigenvalue weighted by Crippen LogP contribution is -2.43. The quantitative estimate of drug-likeness (QED) is 0.733. The smallest absolute Gasteiger partial charge is 0.0244 e. The van der Waals surface area contributed by atoms with E-state index in [-0.39, 0.29) is 0 Å². The second-order valence-electron chi connectivity index (χ2n) is 4.96. The Morgan fingerprint density at radius 2 is 2.21 bits per heavy atom. The third-order valence-corrected chi connectivity index (χ3v) is 3.57. The molecule has 0 radical (unpaired) electrons. The van der Waals surface area contributed by atoms with E-state index in [0.29, 0.717) is 6.04 Å². The van der Waals surface area contributed by atoms with Gasteiger partial charge < -0.3 is 5.73 Å². The zero-order valence-corrected chi connectivity index (χ0v) is 10.00. The third kappa shape index (κ3) is 2.96. The molecule has 1 fully saturated rings. The number of likely N-dealkylation sites (tertiary alicyclic amines) is 1. The van der Waals surface area contributed by atoms with Gasteiger partial charge in [0.2, 0.25) is 0 Å². The summed E-state index contributed by atoms with van der Waals surface area (Å²) in [6.45, 7) is 10.3. The highest BCUT2D eigenvalue weighted by Crippen LogP contribution is 2.23. The summed E-state index contributed by atoms with van der Waals surface area (Å²) in [7, 11) is 0. The van der Waals surface area contributed by atoms with Gasteiger partial charge >= 0.3 is 0 Å². The zero-order valence-electron chi connectivity index (χ0n) is 10.00. The summed E-state index contributed by atoms with van der Waals surface area (Å²) >= 11 is 0. The molecule has 0 saturated carbocycles. The van der Waals surface area contributed by atoms with Crippen molar-refractivity contribution in [3.05, 3.63) is 0 Å². The molecule has 1 aliphatic rings. The Morgan fingerprint density at radius 3 is 2.64 bits per heavy atom. The molecule has 0 bridgehead atoms. The predicted molar refractivity (Wildman–Crippen MR) is 62.3 cm³/mol. The molecule has 0 aliphatic carbocycles. The molecule has 1 heterocycles. The second-order valence-corrected chi connectivity index (χ2v) is 4.96. The van der Waals surface area contributed by atoms with Crippen molar-refractivity contribution in [3.8, 4) is 0 Å². The normalized spacial score (nSPS) is 27.9. The van der Waals surface area contributed by atoms with Gasteiger partial charge in [-0.1, -0.05) is 27.2 Å². The number of rotatable bonds is 5. The van der Waals surface area contributed by atoms with E-state index in [2.05, 4.69) is 25.7 Å². The average Bonchev–Trinajstić information content (AvgIpc) is 2.54. The Balaban J connectivity index is 2.44. The maximum atomic E-state index is 5.89. The lowest BCUT2D eigenvalue weighted by Gasteiger charge is -2.31. The van der Waals surface area contributed by atoms with Gasteiger partial charge in [-0.25, -0.2) is 0 Å². The molecule has 2 heteroatoms. The minimum Gasteiger partial charge on any atom is -0.329 e. The summed E-state index contributed by atoms with van der Waals surface area (Å²) < 4.78 is 0. The van der Waals surface area contributed by atoms with Crippen LogP contribution in [0.2, 0.25) is 0 Å². The van der Waals surface area contributed by atoms with E-state index >= 15 is 0 Å². The first-order valence-corrected chi connectivity index (χ1v) is 6.13. The van der Waals surface area contributed by atoms with Gasteiger partial charge in [0.25, 0.3) is 0 Å². The Bertz CT molecular complexity index is 158. The van der Waals surface area contributed by atoms with Crippen LogP contribution >= 0.6 is 0 Å². The first-order chi connectivity index (χ1) is 6.69. The number of hydrogen-bond acceptors (Lipinski definition) is 2. The minimum atomic E-state index is 0.625. The summed E-state index contributed by atoms with van der Waals surface area (Å²) in [5, 5.41) is 0. The molecule has 0 aromatic heterocycles. The van der Waals surface area contributed by atoms with E-state index in [4.69, 9.17) is 5.73 Å². The van der Waals surface area contributed by atoms with Crippen molar-refractivity contribution >= 4 is 0 Å². The van der Waals surface area contributed by atoms with Gasteiger partial charge in [0.15, 0.2) is 0 Å². The highest BCUT2D eigenvalue weighted by molar-refractivity contribution is 4.83. The molecule has 0 amide bonds. The maximum Gasteiger partial charge on any atom is 0.0244 e. The molecule has 1 aliphatic heterocycles. The third-order valence-electron chi connectivity index (χ3n) is 3.57. The summed E-state index contributed by atoms with van der Waals surface area (Å²) in [5.74, 6) is 1.63. The van der Waals surface area contributed by atoms with Gasteiger partial charge in [0, 0.05) is 19.1 Å². The van der Waals surface area contributed by atoms with Gasteiger partial charge in [0.05, 0.1) is 0 Å². The van der Waals surface area contributed by atoms with Crippen molar-refractivity contribution in [1.82, 2.24) is 4.90 Å². The topological polar surface area (TPSA) is 29.3 Å². The molecule has 0 aromatic rings. The molecule has 3 unspecified atom stereocenters. The number of nitrogens with two attached hydrogens (primary N) is 1. The predicted octanol–water partition coefficient (Wildman–Crippen LogP) is 2.09. The zero-order chi connectivity index (χ0) is 10.6. The summed E-state index contributed by atoms with van der Waals surface area (Å²) in [6, 6.07) is 0.625. The Labute approximate surface area is 88.8 Å². The van der Waals surface area contributed by atoms with E-state index in [0.717, 1.165) is 18.4 Å². The van der Waals surface area contributed by atoms with Gasteiger partial charge in [-0.2, -0.15) is 0 Å². The fourth-order valence-electron chi connectivity index (χ4n) is 2.66. The molecule has 0 spiro atoms. The molecule has 0 aromatic carbocycles. The van der Waals surface area contributed by atoms with Crippen LogP contribution in [-0.2, 0) is 0 Å². The van der Waals surface area contributed by atoms with Crippen molar-refractivity contribution in [2.45, 2.75) is 46.1 Å². The van der Waals surface area contributed by atoms with E-state index in [9.17, 15) is 0 Å². The van der Waals surface area contributed by atoms with Gasteiger partial charge in [-0.05, 0) is 31.2 Å². The van der Waals surface area contributed by atoms with Crippen LogP contribution in [0.25, 0.3) is 0 Å². The van der Waals surface area contributed by atoms with E-state index in [1.807, 2.05) is 0 Å². The van der Waals surface area contributed by atoms with E-state index in [1.165, 1.54) is 32.4 Å². The maximum absolute atomic E-state index is 5.89. The van der Waals surface area contributed by atoms with Crippen LogP contribution < -0.4 is 5.73 Å². The lowest BCUT2D eigenvalue weighted by atomic mass is 9.96. The Morgan fingerprint density at radius 1 is 1.50 bits per heavy atom. The van der Waals surface area contributed by atoms with Crippen LogP contribution in [0.15, 0.2) is 0 Å². The summed E-state index contributed by atoms with van der Waals surface area (Å²) in [5.41, 5.74) is 5.89. The molecule has 1 saturated heterocycles. The van der Waals surface area contributed by atoms with Crippen molar-refractivity contribution in [2.75, 3.05) is 19.6 Å². The molecule has 14 heavy (non-hydrogen) atoms. The van der Waals surface area contributed by atoms with Crippen LogP contribution in [0.3, 0.4) is 0 Å². The number of nitrogens with zero attached hydrogens (tertiary/aromatic N) is 1. The SMILES string of the molecule is CCCC(C)C(CN)N1CCC(C)C1. The standard InChI is InChI=1S/C12H26N2/c1-4-5-11(3)12(8-13)14-7-6-10(2)9-14/h10-12H,4-9,13H2,1-3H3. The molecule has 84 valence electrons.